The van der Waals surface area contributed by atoms with Gasteiger partial charge in [0.1, 0.15) is 13.5 Å². The summed E-state index contributed by atoms with van der Waals surface area (Å²) in [7, 11) is 0. The lowest BCUT2D eigenvalue weighted by Crippen LogP contribution is -2.46. The first-order valence-electron chi connectivity index (χ1n) is 2.60. The molecule has 0 amide bonds. The predicted octanol–water partition coefficient (Wildman–Crippen LogP) is -1.27. The van der Waals surface area contributed by atoms with Gasteiger partial charge >= 0.3 is 0 Å². The van der Waals surface area contributed by atoms with Crippen molar-refractivity contribution in [2.24, 2.45) is 0 Å². The highest BCUT2D eigenvalue weighted by atomic mass is 16.5. The highest BCUT2D eigenvalue weighted by Crippen LogP contribution is 1.86. The summed E-state index contributed by atoms with van der Waals surface area (Å²) >= 11 is 0. The Bertz CT molecular complexity index is 63.1. The monoisotopic (exact) mass is 118 g/mol. The third kappa shape index (κ3) is 1.41. The van der Waals surface area contributed by atoms with E-state index < -0.39 is 0 Å². The lowest BCUT2D eigenvalue weighted by molar-refractivity contribution is -0.0567. The zero-order valence-electron chi connectivity index (χ0n) is 4.63. The van der Waals surface area contributed by atoms with E-state index in [-0.39, 0.29) is 6.73 Å². The van der Waals surface area contributed by atoms with E-state index in [9.17, 15) is 0 Å². The fourth-order valence-electron chi connectivity index (χ4n) is 0.584. The molecule has 1 aliphatic rings. The fraction of sp³-hybridized carbons (Fsp3) is 1.00. The van der Waals surface area contributed by atoms with Crippen LogP contribution in [-0.4, -0.2) is 36.7 Å². The second kappa shape index (κ2) is 2.99. The second-order valence-corrected chi connectivity index (χ2v) is 1.62. The fourth-order valence-corrected chi connectivity index (χ4v) is 0.584. The van der Waals surface area contributed by atoms with Gasteiger partial charge in [-0.25, -0.2) is 10.4 Å². The van der Waals surface area contributed by atoms with Crippen LogP contribution in [0, 0.1) is 0 Å². The van der Waals surface area contributed by atoms with Crippen molar-refractivity contribution in [1.29, 1.82) is 0 Å². The van der Waals surface area contributed by atoms with Gasteiger partial charge in [0.25, 0.3) is 0 Å². The van der Waals surface area contributed by atoms with E-state index in [0.717, 1.165) is 6.54 Å². The minimum atomic E-state index is 0.0589. The van der Waals surface area contributed by atoms with E-state index in [4.69, 9.17) is 9.84 Å². The molecule has 0 bridgehead atoms. The van der Waals surface area contributed by atoms with Gasteiger partial charge in [0.15, 0.2) is 0 Å². The molecule has 48 valence electrons. The van der Waals surface area contributed by atoms with Crippen molar-refractivity contribution in [2.75, 3.05) is 26.6 Å². The van der Waals surface area contributed by atoms with E-state index in [1.165, 1.54) is 0 Å². The molecule has 4 heteroatoms. The van der Waals surface area contributed by atoms with Gasteiger partial charge in [-0.3, -0.25) is 0 Å². The molecule has 1 rings (SSSR count). The van der Waals surface area contributed by atoms with Gasteiger partial charge in [-0.15, -0.1) is 0 Å². The van der Waals surface area contributed by atoms with Gasteiger partial charge in [0.2, 0.25) is 0 Å². The quantitative estimate of drug-likeness (QED) is 0.450. The Morgan fingerprint density at radius 1 is 1.75 bits per heavy atom. The maximum atomic E-state index is 8.50. The molecule has 1 aliphatic heterocycles. The van der Waals surface area contributed by atoms with Crippen molar-refractivity contribution in [3.8, 4) is 0 Å². The number of aliphatic hydroxyl groups is 1. The Morgan fingerprint density at radius 2 is 2.62 bits per heavy atom. The first-order valence-corrected chi connectivity index (χ1v) is 2.60. The predicted molar refractivity (Wildman–Crippen MR) is 27.7 cm³/mol. The van der Waals surface area contributed by atoms with Gasteiger partial charge in [0.05, 0.1) is 6.61 Å². The van der Waals surface area contributed by atoms with E-state index in [1.54, 1.807) is 5.01 Å². The third-order valence-corrected chi connectivity index (χ3v) is 1.07. The maximum Gasteiger partial charge on any atom is 0.109 e. The normalized spacial score (nSPS) is 23.6. The lowest BCUT2D eigenvalue weighted by Gasteiger charge is -2.24. The highest BCUT2D eigenvalue weighted by molar-refractivity contribution is 4.46. The molecule has 0 unspecified atom stereocenters. The van der Waals surface area contributed by atoms with Crippen molar-refractivity contribution in [3.63, 3.8) is 0 Å². The van der Waals surface area contributed by atoms with Crippen molar-refractivity contribution >= 4 is 0 Å². The average Bonchev–Trinajstić information content (AvgIpc) is 1.90. The van der Waals surface area contributed by atoms with Crippen molar-refractivity contribution in [3.05, 3.63) is 0 Å². The first kappa shape index (κ1) is 5.97. The minimum Gasteiger partial charge on any atom is -0.380 e. The van der Waals surface area contributed by atoms with Gasteiger partial charge in [-0.05, 0) is 0 Å². The van der Waals surface area contributed by atoms with Crippen LogP contribution in [0.25, 0.3) is 0 Å². The summed E-state index contributed by atoms with van der Waals surface area (Å²) in [6.45, 7) is 2.04. The standard InChI is InChI=1S/C4H10N2O2/c7-4-6-1-2-8-3-5-6/h5,7H,1-4H2. The summed E-state index contributed by atoms with van der Waals surface area (Å²) in [6.07, 6.45) is 0. The van der Waals surface area contributed by atoms with Crippen LogP contribution >= 0.6 is 0 Å². The summed E-state index contributed by atoms with van der Waals surface area (Å²) in [4.78, 5) is 0. The molecule has 0 saturated carbocycles. The number of aliphatic hydroxyl groups excluding tert-OH is 1. The molecule has 0 aromatic carbocycles. The molecule has 2 N–H and O–H groups in total. The molecule has 8 heavy (non-hydrogen) atoms. The maximum absolute atomic E-state index is 8.50. The topological polar surface area (TPSA) is 44.7 Å². The summed E-state index contributed by atoms with van der Waals surface area (Å²) < 4.78 is 4.94. The number of hydrogen-bond acceptors (Lipinski definition) is 4. The summed E-state index contributed by atoms with van der Waals surface area (Å²) in [5.74, 6) is 0. The molecule has 0 atom stereocenters. The largest absolute Gasteiger partial charge is 0.380 e. The van der Waals surface area contributed by atoms with E-state index in [2.05, 4.69) is 5.43 Å². The highest BCUT2D eigenvalue weighted by Gasteiger charge is 2.05. The molecule has 4 nitrogen and oxygen atoms in total. The first-order chi connectivity index (χ1) is 3.93. The van der Waals surface area contributed by atoms with Crippen LogP contribution in [-0.2, 0) is 4.74 Å². The number of hydrazine groups is 1. The van der Waals surface area contributed by atoms with Gasteiger partial charge < -0.3 is 9.84 Å². The molecule has 0 aromatic heterocycles. The zero-order chi connectivity index (χ0) is 5.82. The second-order valence-electron chi connectivity index (χ2n) is 1.62. The Hall–Kier alpha value is -0.160. The Kier molecular flexibility index (Phi) is 2.23. The smallest absolute Gasteiger partial charge is 0.109 e. The van der Waals surface area contributed by atoms with Gasteiger partial charge in [-0.1, -0.05) is 0 Å². The molecular formula is C4H10N2O2. The Labute approximate surface area is 48.0 Å². The summed E-state index contributed by atoms with van der Waals surface area (Å²) in [5.41, 5.74) is 2.83. The van der Waals surface area contributed by atoms with Gasteiger partial charge in [-0.2, -0.15) is 0 Å². The molecule has 1 saturated heterocycles. The van der Waals surface area contributed by atoms with Crippen LogP contribution in [0.3, 0.4) is 0 Å². The van der Waals surface area contributed by atoms with Crippen molar-refractivity contribution < 1.29 is 9.84 Å². The van der Waals surface area contributed by atoms with Crippen LogP contribution < -0.4 is 5.43 Å². The average molecular weight is 118 g/mol. The van der Waals surface area contributed by atoms with Crippen LogP contribution in [0.2, 0.25) is 0 Å². The van der Waals surface area contributed by atoms with Crippen LogP contribution in [0.4, 0.5) is 0 Å². The molecule has 0 aliphatic carbocycles. The van der Waals surface area contributed by atoms with Crippen LogP contribution in [0.1, 0.15) is 0 Å². The zero-order valence-corrected chi connectivity index (χ0v) is 4.63. The molecular weight excluding hydrogens is 108 g/mol. The van der Waals surface area contributed by atoms with E-state index in [0.29, 0.717) is 13.3 Å². The van der Waals surface area contributed by atoms with Crippen LogP contribution in [0.15, 0.2) is 0 Å². The summed E-state index contributed by atoms with van der Waals surface area (Å²) in [5, 5.41) is 10.2. The number of nitrogens with one attached hydrogen (secondary N) is 1. The molecule has 0 aromatic rings. The number of nitrogens with zero attached hydrogens (tertiary/aromatic N) is 1. The SMILES string of the molecule is OCN1CCOCN1. The van der Waals surface area contributed by atoms with Crippen molar-refractivity contribution in [1.82, 2.24) is 10.4 Å². The minimum absolute atomic E-state index is 0.0589. The van der Waals surface area contributed by atoms with Gasteiger partial charge in [0, 0.05) is 6.54 Å². The van der Waals surface area contributed by atoms with E-state index in [1.807, 2.05) is 0 Å². The molecule has 1 fully saturated rings. The lowest BCUT2D eigenvalue weighted by atomic mass is 10.6. The van der Waals surface area contributed by atoms with Crippen molar-refractivity contribution in [2.45, 2.75) is 0 Å². The Balaban J connectivity index is 2.13. The Morgan fingerprint density at radius 3 is 3.00 bits per heavy atom. The molecule has 0 spiro atoms. The van der Waals surface area contributed by atoms with E-state index >= 15 is 0 Å². The summed E-state index contributed by atoms with van der Waals surface area (Å²) in [6, 6.07) is 0. The number of hydrogen-bond donors (Lipinski definition) is 2. The number of ether oxygens (including phenoxy) is 1. The number of rotatable bonds is 1. The molecule has 1 heterocycles. The molecule has 0 radical (unpaired) electrons. The third-order valence-electron chi connectivity index (χ3n) is 1.07. The van der Waals surface area contributed by atoms with Crippen LogP contribution in [0.5, 0.6) is 0 Å².